The zero-order valence-corrected chi connectivity index (χ0v) is 11.1. The molecule has 0 aliphatic carbocycles. The molecule has 19 heavy (non-hydrogen) atoms. The third-order valence-corrected chi connectivity index (χ3v) is 2.80. The molecule has 2 heterocycles. The number of nitrogens with one attached hydrogen (secondary N) is 1. The number of aromatic nitrogens is 3. The molecule has 2 unspecified atom stereocenters. The summed E-state index contributed by atoms with van der Waals surface area (Å²) in [5.41, 5.74) is 0. The van der Waals surface area contributed by atoms with Crippen LogP contribution in [0.5, 0.6) is 6.01 Å². The molecule has 1 aromatic rings. The van der Waals surface area contributed by atoms with Crippen molar-refractivity contribution >= 4 is 11.9 Å². The minimum atomic E-state index is -0.783. The number of nitrogens with zero attached hydrogens (tertiary/aromatic N) is 4. The molecule has 2 rings (SSSR count). The molecule has 0 spiro atoms. The largest absolute Gasteiger partial charge is 0.463 e. The first-order valence-corrected chi connectivity index (χ1v) is 6.31. The van der Waals surface area contributed by atoms with Crippen molar-refractivity contribution < 1.29 is 14.9 Å². The lowest BCUT2D eigenvalue weighted by Gasteiger charge is -2.16. The van der Waals surface area contributed by atoms with Crippen molar-refractivity contribution in [3.8, 4) is 6.01 Å². The molecule has 1 aliphatic rings. The van der Waals surface area contributed by atoms with Crippen LogP contribution in [-0.2, 0) is 0 Å². The maximum absolute atomic E-state index is 9.56. The molecule has 0 amide bonds. The molecule has 1 saturated heterocycles. The van der Waals surface area contributed by atoms with Crippen molar-refractivity contribution in [1.29, 1.82) is 0 Å². The predicted molar refractivity (Wildman–Crippen MR) is 69.4 cm³/mol. The fraction of sp³-hybridized carbons (Fsp3) is 0.727. The summed E-state index contributed by atoms with van der Waals surface area (Å²) in [6, 6.07) is 0.243. The second-order valence-electron chi connectivity index (χ2n) is 4.38. The molecular formula is C11H19N5O3. The second kappa shape index (κ2) is 5.98. The van der Waals surface area contributed by atoms with Gasteiger partial charge in [0.25, 0.3) is 0 Å². The smallest absolute Gasteiger partial charge is 0.323 e. The van der Waals surface area contributed by atoms with E-state index in [1.807, 2.05) is 6.92 Å². The molecule has 0 radical (unpaired) electrons. The van der Waals surface area contributed by atoms with Gasteiger partial charge in [0.15, 0.2) is 0 Å². The van der Waals surface area contributed by atoms with Gasteiger partial charge in [-0.05, 0) is 6.42 Å². The minimum absolute atomic E-state index is 0.243. The van der Waals surface area contributed by atoms with E-state index in [1.165, 1.54) is 0 Å². The van der Waals surface area contributed by atoms with Crippen molar-refractivity contribution in [3.05, 3.63) is 0 Å². The Morgan fingerprint density at radius 3 is 2.53 bits per heavy atom. The average molecular weight is 269 g/mol. The fourth-order valence-electron chi connectivity index (χ4n) is 1.79. The van der Waals surface area contributed by atoms with Crippen LogP contribution in [0, 0.1) is 0 Å². The monoisotopic (exact) mass is 269 g/mol. The maximum atomic E-state index is 9.56. The van der Waals surface area contributed by atoms with Gasteiger partial charge >= 0.3 is 6.01 Å². The molecule has 1 aliphatic heterocycles. The molecule has 8 heteroatoms. The molecule has 106 valence electrons. The van der Waals surface area contributed by atoms with Crippen LogP contribution < -0.4 is 15.0 Å². The van der Waals surface area contributed by atoms with Crippen molar-refractivity contribution in [3.63, 3.8) is 0 Å². The van der Waals surface area contributed by atoms with Crippen molar-refractivity contribution in [2.45, 2.75) is 25.6 Å². The van der Waals surface area contributed by atoms with Gasteiger partial charge in [-0.3, -0.25) is 0 Å². The number of ether oxygens (including phenoxy) is 1. The van der Waals surface area contributed by atoms with Crippen molar-refractivity contribution in [2.75, 3.05) is 37.0 Å². The van der Waals surface area contributed by atoms with E-state index in [2.05, 4.69) is 20.3 Å². The van der Waals surface area contributed by atoms with E-state index in [9.17, 15) is 10.2 Å². The van der Waals surface area contributed by atoms with Crippen LogP contribution in [0.15, 0.2) is 0 Å². The summed E-state index contributed by atoms with van der Waals surface area (Å²) >= 11 is 0. The Morgan fingerprint density at radius 2 is 1.95 bits per heavy atom. The first-order chi connectivity index (χ1) is 9.13. The Balaban J connectivity index is 2.19. The molecule has 1 fully saturated rings. The standard InChI is InChI=1S/C11H19N5O3/c1-3-4-19-11-14-9(12-2)13-10(15-11)16-5-7(17)8(18)6-16/h7-8,17-18H,3-6H2,1-2H3,(H,12,13,14,15). The maximum Gasteiger partial charge on any atom is 0.323 e. The van der Waals surface area contributed by atoms with E-state index in [-0.39, 0.29) is 6.01 Å². The quantitative estimate of drug-likeness (QED) is 0.641. The van der Waals surface area contributed by atoms with E-state index in [4.69, 9.17) is 4.74 Å². The summed E-state index contributed by atoms with van der Waals surface area (Å²) in [7, 11) is 1.70. The van der Waals surface area contributed by atoms with Gasteiger partial charge < -0.3 is 25.2 Å². The van der Waals surface area contributed by atoms with E-state index in [1.54, 1.807) is 11.9 Å². The Bertz CT molecular complexity index is 421. The normalized spacial score (nSPS) is 22.6. The molecule has 8 nitrogen and oxygen atoms in total. The first-order valence-electron chi connectivity index (χ1n) is 6.31. The van der Waals surface area contributed by atoms with Crippen molar-refractivity contribution in [1.82, 2.24) is 15.0 Å². The number of aliphatic hydroxyl groups excluding tert-OH is 2. The summed E-state index contributed by atoms with van der Waals surface area (Å²) in [5.74, 6) is 0.785. The third-order valence-electron chi connectivity index (χ3n) is 2.80. The molecule has 0 bridgehead atoms. The zero-order chi connectivity index (χ0) is 13.8. The SMILES string of the molecule is CCCOc1nc(NC)nc(N2CC(O)C(O)C2)n1. The van der Waals surface area contributed by atoms with E-state index < -0.39 is 12.2 Å². The summed E-state index contributed by atoms with van der Waals surface area (Å²) in [6.07, 6.45) is -0.707. The lowest BCUT2D eigenvalue weighted by atomic mass is 10.3. The number of aliphatic hydroxyl groups is 2. The molecule has 0 saturated carbocycles. The lowest BCUT2D eigenvalue weighted by molar-refractivity contribution is 0.0572. The molecule has 2 atom stereocenters. The predicted octanol–water partition coefficient (Wildman–Crippen LogP) is -0.756. The highest BCUT2D eigenvalue weighted by Gasteiger charge is 2.31. The summed E-state index contributed by atoms with van der Waals surface area (Å²) in [5, 5.41) is 22.0. The van der Waals surface area contributed by atoms with Crippen LogP contribution in [0.1, 0.15) is 13.3 Å². The molecule has 0 aromatic carbocycles. The molecule has 3 N–H and O–H groups in total. The van der Waals surface area contributed by atoms with Gasteiger partial charge in [0.1, 0.15) is 0 Å². The topological polar surface area (TPSA) is 104 Å². The summed E-state index contributed by atoms with van der Waals surface area (Å²) in [6.45, 7) is 3.11. The van der Waals surface area contributed by atoms with Crippen LogP contribution in [0.25, 0.3) is 0 Å². The zero-order valence-electron chi connectivity index (χ0n) is 11.1. The van der Waals surface area contributed by atoms with Gasteiger partial charge in [-0.1, -0.05) is 6.92 Å². The Hall–Kier alpha value is -1.67. The van der Waals surface area contributed by atoms with E-state index in [0.29, 0.717) is 31.6 Å². The third kappa shape index (κ3) is 3.21. The van der Waals surface area contributed by atoms with Gasteiger partial charge in [-0.15, -0.1) is 0 Å². The van der Waals surface area contributed by atoms with Gasteiger partial charge in [0.2, 0.25) is 11.9 Å². The van der Waals surface area contributed by atoms with Crippen LogP contribution in [0.3, 0.4) is 0 Å². The van der Waals surface area contributed by atoms with E-state index in [0.717, 1.165) is 6.42 Å². The second-order valence-corrected chi connectivity index (χ2v) is 4.38. The number of hydrogen-bond acceptors (Lipinski definition) is 8. The minimum Gasteiger partial charge on any atom is -0.463 e. The highest BCUT2D eigenvalue weighted by molar-refractivity contribution is 5.39. The Morgan fingerprint density at radius 1 is 1.26 bits per heavy atom. The van der Waals surface area contributed by atoms with Gasteiger partial charge in [-0.2, -0.15) is 15.0 Å². The highest BCUT2D eigenvalue weighted by atomic mass is 16.5. The molecular weight excluding hydrogens is 250 g/mol. The summed E-state index contributed by atoms with van der Waals surface area (Å²) < 4.78 is 5.40. The highest BCUT2D eigenvalue weighted by Crippen LogP contribution is 2.20. The van der Waals surface area contributed by atoms with Gasteiger partial charge in [0.05, 0.1) is 18.8 Å². The van der Waals surface area contributed by atoms with Crippen LogP contribution in [0.2, 0.25) is 0 Å². The first kappa shape index (κ1) is 13.8. The van der Waals surface area contributed by atoms with Gasteiger partial charge in [-0.25, -0.2) is 0 Å². The van der Waals surface area contributed by atoms with Gasteiger partial charge in [0, 0.05) is 20.1 Å². The van der Waals surface area contributed by atoms with Crippen LogP contribution in [0.4, 0.5) is 11.9 Å². The Kier molecular flexibility index (Phi) is 4.33. The number of β-amino-alcohol motifs (C(OH)–C–C–N with tert-alkyl or cyclic N) is 2. The Labute approximate surface area is 111 Å². The molecule has 1 aromatic heterocycles. The average Bonchev–Trinajstić information content (AvgIpc) is 2.76. The number of rotatable bonds is 5. The number of anilines is 2. The van der Waals surface area contributed by atoms with Crippen LogP contribution >= 0.6 is 0 Å². The van der Waals surface area contributed by atoms with E-state index >= 15 is 0 Å². The summed E-state index contributed by atoms with van der Waals surface area (Å²) in [4.78, 5) is 14.2. The van der Waals surface area contributed by atoms with Crippen molar-refractivity contribution in [2.24, 2.45) is 0 Å². The lowest BCUT2D eigenvalue weighted by Crippen LogP contribution is -2.24. The van der Waals surface area contributed by atoms with Crippen LogP contribution in [-0.4, -0.2) is 64.1 Å². The number of hydrogen-bond donors (Lipinski definition) is 3. The fourth-order valence-corrected chi connectivity index (χ4v) is 1.79.